The molecule has 1 heterocycles. The number of hydrogen-bond donors (Lipinski definition) is 2. The Kier molecular flexibility index (Phi) is 4.06. The standard InChI is InChI=1S/C12H13IN2O2S/c13-7-3-4-10(16)8(6-7)12(17)15-5-1-2-9(15)11(14)18/h3-4,6,9,16H,1-2,5H2,(H2,14,18). The lowest BCUT2D eigenvalue weighted by Gasteiger charge is -2.24. The molecule has 0 radical (unpaired) electrons. The minimum Gasteiger partial charge on any atom is -0.507 e. The van der Waals surface area contributed by atoms with Crippen LogP contribution in [0.3, 0.4) is 0 Å². The number of nitrogens with zero attached hydrogens (tertiary/aromatic N) is 1. The Labute approximate surface area is 124 Å². The molecule has 1 aliphatic heterocycles. The minimum absolute atomic E-state index is 0.00555. The van der Waals surface area contributed by atoms with Crippen molar-refractivity contribution >= 4 is 45.7 Å². The highest BCUT2D eigenvalue weighted by molar-refractivity contribution is 14.1. The van der Waals surface area contributed by atoms with E-state index in [1.807, 2.05) is 0 Å². The van der Waals surface area contributed by atoms with Crippen molar-refractivity contribution in [3.8, 4) is 5.75 Å². The van der Waals surface area contributed by atoms with Gasteiger partial charge < -0.3 is 15.7 Å². The molecule has 1 aliphatic rings. The molecule has 18 heavy (non-hydrogen) atoms. The Bertz CT molecular complexity index is 507. The van der Waals surface area contributed by atoms with Gasteiger partial charge in [-0.2, -0.15) is 0 Å². The van der Waals surface area contributed by atoms with E-state index in [4.69, 9.17) is 18.0 Å². The molecular weight excluding hydrogens is 363 g/mol. The second-order valence-corrected chi connectivity index (χ2v) is 5.94. The highest BCUT2D eigenvalue weighted by Gasteiger charge is 2.32. The lowest BCUT2D eigenvalue weighted by atomic mass is 10.1. The third-order valence-electron chi connectivity index (χ3n) is 3.03. The first-order chi connectivity index (χ1) is 8.50. The van der Waals surface area contributed by atoms with Crippen LogP contribution in [-0.4, -0.2) is 33.5 Å². The Balaban J connectivity index is 2.31. The highest BCUT2D eigenvalue weighted by Crippen LogP contribution is 2.26. The second-order valence-electron chi connectivity index (χ2n) is 4.22. The van der Waals surface area contributed by atoms with Gasteiger partial charge in [0.1, 0.15) is 5.75 Å². The van der Waals surface area contributed by atoms with Gasteiger partial charge >= 0.3 is 0 Å². The minimum atomic E-state index is -0.207. The number of phenolic OH excluding ortho intramolecular Hbond substituents is 1. The van der Waals surface area contributed by atoms with Crippen molar-refractivity contribution < 1.29 is 9.90 Å². The van der Waals surface area contributed by atoms with Gasteiger partial charge in [-0.25, -0.2) is 0 Å². The van der Waals surface area contributed by atoms with Gasteiger partial charge in [-0.3, -0.25) is 4.79 Å². The van der Waals surface area contributed by atoms with E-state index >= 15 is 0 Å². The Hall–Kier alpha value is -0.890. The van der Waals surface area contributed by atoms with Crippen LogP contribution in [0.5, 0.6) is 5.75 Å². The number of halogens is 1. The first kappa shape index (κ1) is 13.5. The van der Waals surface area contributed by atoms with Crippen LogP contribution >= 0.6 is 34.8 Å². The lowest BCUT2D eigenvalue weighted by molar-refractivity contribution is 0.0767. The van der Waals surface area contributed by atoms with Crippen LogP contribution in [0.2, 0.25) is 0 Å². The molecule has 1 fully saturated rings. The molecule has 0 aromatic heterocycles. The second kappa shape index (κ2) is 5.40. The maximum Gasteiger partial charge on any atom is 0.258 e. The Morgan fingerprint density at radius 3 is 2.94 bits per heavy atom. The van der Waals surface area contributed by atoms with E-state index in [2.05, 4.69) is 22.6 Å². The fourth-order valence-corrected chi connectivity index (χ4v) is 2.88. The van der Waals surface area contributed by atoms with E-state index in [1.165, 1.54) is 6.07 Å². The number of hydrogen-bond acceptors (Lipinski definition) is 3. The average molecular weight is 376 g/mol. The van der Waals surface area contributed by atoms with Crippen LogP contribution in [0, 0.1) is 3.57 Å². The van der Waals surface area contributed by atoms with Crippen molar-refractivity contribution in [1.29, 1.82) is 0 Å². The monoisotopic (exact) mass is 376 g/mol. The van der Waals surface area contributed by atoms with Crippen LogP contribution in [0.25, 0.3) is 0 Å². The largest absolute Gasteiger partial charge is 0.507 e. The van der Waals surface area contributed by atoms with E-state index in [0.717, 1.165) is 16.4 Å². The number of carbonyl (C=O) groups is 1. The average Bonchev–Trinajstić information content (AvgIpc) is 2.80. The maximum atomic E-state index is 12.4. The smallest absolute Gasteiger partial charge is 0.258 e. The van der Waals surface area contributed by atoms with E-state index < -0.39 is 0 Å². The summed E-state index contributed by atoms with van der Waals surface area (Å²) >= 11 is 7.09. The van der Waals surface area contributed by atoms with E-state index in [1.54, 1.807) is 17.0 Å². The summed E-state index contributed by atoms with van der Waals surface area (Å²) in [6.07, 6.45) is 1.68. The first-order valence-corrected chi connectivity index (χ1v) is 7.08. The number of likely N-dealkylation sites (tertiary alicyclic amines) is 1. The van der Waals surface area contributed by atoms with Gasteiger partial charge in [0.15, 0.2) is 0 Å². The lowest BCUT2D eigenvalue weighted by Crippen LogP contribution is -2.42. The molecule has 1 atom stereocenters. The quantitative estimate of drug-likeness (QED) is 0.611. The number of phenols is 1. The number of nitrogens with two attached hydrogens (primary N) is 1. The first-order valence-electron chi connectivity index (χ1n) is 5.59. The summed E-state index contributed by atoms with van der Waals surface area (Å²) in [5, 5.41) is 9.78. The summed E-state index contributed by atoms with van der Waals surface area (Å²) in [5.41, 5.74) is 5.96. The number of rotatable bonds is 2. The summed E-state index contributed by atoms with van der Waals surface area (Å²) in [6, 6.07) is 4.76. The van der Waals surface area contributed by atoms with Crippen molar-refractivity contribution in [3.05, 3.63) is 27.3 Å². The number of carbonyl (C=O) groups excluding carboxylic acids is 1. The zero-order valence-corrected chi connectivity index (χ0v) is 12.6. The molecule has 1 saturated heterocycles. The number of amides is 1. The third-order valence-corrected chi connectivity index (χ3v) is 3.97. The van der Waals surface area contributed by atoms with Crippen molar-refractivity contribution in [2.24, 2.45) is 5.73 Å². The molecule has 1 unspecified atom stereocenters. The van der Waals surface area contributed by atoms with E-state index in [-0.39, 0.29) is 17.7 Å². The number of thiocarbonyl (C=S) groups is 1. The topological polar surface area (TPSA) is 66.6 Å². The normalized spacial score (nSPS) is 18.9. The van der Waals surface area contributed by atoms with Crippen LogP contribution in [0.1, 0.15) is 23.2 Å². The van der Waals surface area contributed by atoms with Crippen LogP contribution in [-0.2, 0) is 0 Å². The van der Waals surface area contributed by atoms with Gasteiger partial charge in [0.25, 0.3) is 5.91 Å². The molecule has 3 N–H and O–H groups in total. The molecule has 0 saturated carbocycles. The Morgan fingerprint density at radius 1 is 1.56 bits per heavy atom. The fourth-order valence-electron chi connectivity index (χ4n) is 2.14. The Morgan fingerprint density at radius 2 is 2.28 bits per heavy atom. The van der Waals surface area contributed by atoms with E-state index in [0.29, 0.717) is 17.1 Å². The van der Waals surface area contributed by atoms with Gasteiger partial charge in [-0.05, 0) is 53.6 Å². The summed E-state index contributed by atoms with van der Waals surface area (Å²) in [4.78, 5) is 14.4. The molecule has 4 nitrogen and oxygen atoms in total. The number of benzene rings is 1. The molecule has 0 spiro atoms. The van der Waals surface area contributed by atoms with Crippen molar-refractivity contribution in [1.82, 2.24) is 4.90 Å². The summed E-state index contributed by atoms with van der Waals surface area (Å²) in [5.74, 6) is -0.213. The van der Waals surface area contributed by atoms with Gasteiger partial charge in [-0.15, -0.1) is 0 Å². The van der Waals surface area contributed by atoms with Crippen LogP contribution < -0.4 is 5.73 Å². The van der Waals surface area contributed by atoms with Crippen molar-refractivity contribution in [2.45, 2.75) is 18.9 Å². The fraction of sp³-hybridized carbons (Fsp3) is 0.333. The zero-order valence-electron chi connectivity index (χ0n) is 9.60. The summed E-state index contributed by atoms with van der Waals surface area (Å²) in [6.45, 7) is 0.631. The van der Waals surface area contributed by atoms with E-state index in [9.17, 15) is 9.90 Å². The van der Waals surface area contributed by atoms with Gasteiger partial charge in [0.05, 0.1) is 16.6 Å². The molecule has 1 aromatic carbocycles. The summed E-state index contributed by atoms with van der Waals surface area (Å²) in [7, 11) is 0. The summed E-state index contributed by atoms with van der Waals surface area (Å²) < 4.78 is 0.903. The van der Waals surface area contributed by atoms with Crippen molar-refractivity contribution in [2.75, 3.05) is 6.54 Å². The molecule has 1 amide bonds. The van der Waals surface area contributed by atoms with Crippen molar-refractivity contribution in [3.63, 3.8) is 0 Å². The number of aromatic hydroxyl groups is 1. The third kappa shape index (κ3) is 2.59. The zero-order chi connectivity index (χ0) is 13.3. The molecule has 2 rings (SSSR count). The predicted molar refractivity (Wildman–Crippen MR) is 81.7 cm³/mol. The molecule has 6 heteroatoms. The molecule has 96 valence electrons. The van der Waals surface area contributed by atoms with Gasteiger partial charge in [0.2, 0.25) is 0 Å². The molecule has 0 aliphatic carbocycles. The predicted octanol–water partition coefficient (Wildman–Crippen LogP) is 1.89. The maximum absolute atomic E-state index is 12.4. The highest BCUT2D eigenvalue weighted by atomic mass is 127. The molecule has 1 aromatic rings. The van der Waals surface area contributed by atoms with Crippen LogP contribution in [0.15, 0.2) is 18.2 Å². The molecular formula is C12H13IN2O2S. The van der Waals surface area contributed by atoms with Crippen LogP contribution in [0.4, 0.5) is 0 Å². The van der Waals surface area contributed by atoms with Gasteiger partial charge in [-0.1, -0.05) is 12.2 Å². The SMILES string of the molecule is NC(=S)C1CCCN1C(=O)c1cc(I)ccc1O. The molecule has 0 bridgehead atoms. The van der Waals surface area contributed by atoms with Gasteiger partial charge in [0, 0.05) is 10.1 Å².